The number of hydrogen-bond donors (Lipinski definition) is 3. The van der Waals surface area contributed by atoms with Crippen LogP contribution in [0.2, 0.25) is 0 Å². The first kappa shape index (κ1) is 18.9. The van der Waals surface area contributed by atoms with Crippen molar-refractivity contribution in [1.82, 2.24) is 20.9 Å². The molecule has 0 radical (unpaired) electrons. The number of aromatic nitrogens is 1. The lowest BCUT2D eigenvalue weighted by Crippen LogP contribution is -2.41. The number of nitrogens with zero attached hydrogens (tertiary/aromatic N) is 2. The molecule has 6 nitrogen and oxygen atoms in total. The van der Waals surface area contributed by atoms with Gasteiger partial charge in [-0.05, 0) is 37.8 Å². The van der Waals surface area contributed by atoms with Gasteiger partial charge in [0, 0.05) is 38.6 Å². The van der Waals surface area contributed by atoms with Gasteiger partial charge in [-0.3, -0.25) is 14.8 Å². The topological polar surface area (TPSA) is 78.4 Å². The largest absolute Gasteiger partial charge is 0.357 e. The molecule has 0 saturated carbocycles. The Labute approximate surface area is 139 Å². The number of carbonyl (C=O) groups is 1. The molecule has 1 aromatic heterocycles. The first-order valence-electron chi connectivity index (χ1n) is 8.34. The Morgan fingerprint density at radius 2 is 2.04 bits per heavy atom. The van der Waals surface area contributed by atoms with Crippen LogP contribution in [0.3, 0.4) is 0 Å². The van der Waals surface area contributed by atoms with E-state index in [1.54, 1.807) is 24.5 Å². The van der Waals surface area contributed by atoms with Crippen LogP contribution in [0.15, 0.2) is 29.5 Å². The number of nitrogens with one attached hydrogen (secondary N) is 3. The van der Waals surface area contributed by atoms with Crippen LogP contribution < -0.4 is 16.0 Å². The summed E-state index contributed by atoms with van der Waals surface area (Å²) in [5.41, 5.74) is 0.571. The molecule has 0 spiro atoms. The molecule has 23 heavy (non-hydrogen) atoms. The highest BCUT2D eigenvalue weighted by Crippen LogP contribution is 2.02. The minimum absolute atomic E-state index is 0.112. The maximum absolute atomic E-state index is 11.9. The number of hydrogen-bond acceptors (Lipinski definition) is 3. The number of rotatable bonds is 9. The summed E-state index contributed by atoms with van der Waals surface area (Å²) in [4.78, 5) is 20.3. The molecular formula is C17H29N5O. The fourth-order valence-corrected chi connectivity index (χ4v) is 1.99. The van der Waals surface area contributed by atoms with Gasteiger partial charge >= 0.3 is 0 Å². The van der Waals surface area contributed by atoms with E-state index in [0.29, 0.717) is 24.6 Å². The van der Waals surface area contributed by atoms with Crippen LogP contribution in [0.1, 0.15) is 44.0 Å². The Morgan fingerprint density at radius 3 is 2.70 bits per heavy atom. The van der Waals surface area contributed by atoms with Crippen molar-refractivity contribution < 1.29 is 4.79 Å². The molecule has 0 saturated heterocycles. The quantitative estimate of drug-likeness (QED) is 0.368. The van der Waals surface area contributed by atoms with Crippen LogP contribution in [0, 0.1) is 5.92 Å². The van der Waals surface area contributed by atoms with E-state index in [9.17, 15) is 4.79 Å². The van der Waals surface area contributed by atoms with Crippen molar-refractivity contribution in [3.63, 3.8) is 0 Å². The zero-order valence-corrected chi connectivity index (χ0v) is 14.4. The zero-order chi connectivity index (χ0) is 16.9. The zero-order valence-electron chi connectivity index (χ0n) is 14.4. The van der Waals surface area contributed by atoms with Crippen LogP contribution >= 0.6 is 0 Å². The maximum Gasteiger partial charge on any atom is 0.252 e. The van der Waals surface area contributed by atoms with Crippen molar-refractivity contribution in [2.75, 3.05) is 26.2 Å². The molecule has 0 aliphatic rings. The van der Waals surface area contributed by atoms with Crippen molar-refractivity contribution >= 4 is 11.9 Å². The number of pyridine rings is 1. The van der Waals surface area contributed by atoms with E-state index in [1.807, 2.05) is 6.92 Å². The van der Waals surface area contributed by atoms with Gasteiger partial charge in [-0.25, -0.2) is 0 Å². The average molecular weight is 319 g/mol. The molecule has 0 fully saturated rings. The second kappa shape index (κ2) is 11.5. The smallest absolute Gasteiger partial charge is 0.252 e. The second-order valence-corrected chi connectivity index (χ2v) is 5.72. The van der Waals surface area contributed by atoms with E-state index in [0.717, 1.165) is 25.5 Å². The number of amides is 1. The molecule has 0 atom stereocenters. The van der Waals surface area contributed by atoms with Crippen molar-refractivity contribution in [3.8, 4) is 0 Å². The van der Waals surface area contributed by atoms with Gasteiger partial charge in [0.15, 0.2) is 5.96 Å². The van der Waals surface area contributed by atoms with Crippen molar-refractivity contribution in [1.29, 1.82) is 0 Å². The van der Waals surface area contributed by atoms with Crippen LogP contribution in [0.25, 0.3) is 0 Å². The molecule has 3 N–H and O–H groups in total. The molecule has 6 heteroatoms. The van der Waals surface area contributed by atoms with E-state index < -0.39 is 0 Å². The highest BCUT2D eigenvalue weighted by Gasteiger charge is 2.04. The van der Waals surface area contributed by atoms with Gasteiger partial charge in [-0.2, -0.15) is 0 Å². The van der Waals surface area contributed by atoms with Gasteiger partial charge in [0.2, 0.25) is 0 Å². The lowest BCUT2D eigenvalue weighted by Gasteiger charge is -2.12. The molecule has 0 aromatic carbocycles. The number of carbonyl (C=O) groups excluding carboxylic acids is 1. The fraction of sp³-hybridized carbons (Fsp3) is 0.588. The SMILES string of the molecule is CCNC(=NCCCC(C)C)NCCNC(=O)c1cccnc1. The minimum atomic E-state index is -0.112. The second-order valence-electron chi connectivity index (χ2n) is 5.72. The van der Waals surface area contributed by atoms with Gasteiger partial charge in [-0.1, -0.05) is 13.8 Å². The summed E-state index contributed by atoms with van der Waals surface area (Å²) in [6.45, 7) is 9.27. The van der Waals surface area contributed by atoms with Gasteiger partial charge in [0.1, 0.15) is 0 Å². The van der Waals surface area contributed by atoms with Gasteiger partial charge < -0.3 is 16.0 Å². The molecule has 0 aliphatic heterocycles. The standard InChI is InChI=1S/C17H29N5O/c1-4-19-17(21-10-5-7-14(2)3)22-12-11-20-16(23)15-8-6-9-18-13-15/h6,8-9,13-14H,4-5,7,10-12H2,1-3H3,(H,20,23)(H2,19,21,22). The van der Waals surface area contributed by atoms with Crippen molar-refractivity contribution in [2.24, 2.45) is 10.9 Å². The lowest BCUT2D eigenvalue weighted by atomic mass is 10.1. The number of guanidine groups is 1. The normalized spacial score (nSPS) is 11.4. The maximum atomic E-state index is 11.9. The summed E-state index contributed by atoms with van der Waals surface area (Å²) >= 11 is 0. The van der Waals surface area contributed by atoms with E-state index in [4.69, 9.17) is 0 Å². The third-order valence-electron chi connectivity index (χ3n) is 3.18. The van der Waals surface area contributed by atoms with Gasteiger partial charge in [-0.15, -0.1) is 0 Å². The molecule has 1 amide bonds. The van der Waals surface area contributed by atoms with Crippen LogP contribution in [0.5, 0.6) is 0 Å². The van der Waals surface area contributed by atoms with E-state index in [-0.39, 0.29) is 5.91 Å². The third-order valence-corrected chi connectivity index (χ3v) is 3.18. The molecule has 0 bridgehead atoms. The highest BCUT2D eigenvalue weighted by atomic mass is 16.1. The summed E-state index contributed by atoms with van der Waals surface area (Å²) in [5.74, 6) is 1.40. The Bertz CT molecular complexity index is 473. The predicted octanol–water partition coefficient (Wildman–Crippen LogP) is 1.80. The summed E-state index contributed by atoms with van der Waals surface area (Å²) in [7, 11) is 0. The predicted molar refractivity (Wildman–Crippen MR) is 94.6 cm³/mol. The molecule has 1 aromatic rings. The van der Waals surface area contributed by atoms with Crippen LogP contribution in [-0.2, 0) is 0 Å². The Kier molecular flexibility index (Phi) is 9.43. The van der Waals surface area contributed by atoms with Crippen LogP contribution in [-0.4, -0.2) is 43.0 Å². The first-order chi connectivity index (χ1) is 11.1. The van der Waals surface area contributed by atoms with Gasteiger partial charge in [0.25, 0.3) is 5.91 Å². The fourth-order valence-electron chi connectivity index (χ4n) is 1.99. The third kappa shape index (κ3) is 8.80. The first-order valence-corrected chi connectivity index (χ1v) is 8.34. The molecule has 1 heterocycles. The Morgan fingerprint density at radius 1 is 1.26 bits per heavy atom. The van der Waals surface area contributed by atoms with E-state index in [2.05, 4.69) is 39.8 Å². The van der Waals surface area contributed by atoms with Gasteiger partial charge in [0.05, 0.1) is 5.56 Å². The molecule has 0 aliphatic carbocycles. The minimum Gasteiger partial charge on any atom is -0.357 e. The molecule has 128 valence electrons. The van der Waals surface area contributed by atoms with Crippen molar-refractivity contribution in [3.05, 3.63) is 30.1 Å². The molecule has 0 unspecified atom stereocenters. The average Bonchev–Trinajstić information content (AvgIpc) is 2.55. The molecular weight excluding hydrogens is 290 g/mol. The lowest BCUT2D eigenvalue weighted by molar-refractivity contribution is 0.0954. The van der Waals surface area contributed by atoms with E-state index in [1.165, 1.54) is 6.42 Å². The van der Waals surface area contributed by atoms with Crippen molar-refractivity contribution in [2.45, 2.75) is 33.6 Å². The summed E-state index contributed by atoms with van der Waals surface area (Å²) in [5, 5.41) is 9.29. The summed E-state index contributed by atoms with van der Waals surface area (Å²) in [6.07, 6.45) is 5.48. The summed E-state index contributed by atoms with van der Waals surface area (Å²) < 4.78 is 0. The highest BCUT2D eigenvalue weighted by molar-refractivity contribution is 5.93. The Balaban J connectivity index is 2.27. The molecule has 1 rings (SSSR count). The summed E-state index contributed by atoms with van der Waals surface area (Å²) in [6, 6.07) is 3.50. The van der Waals surface area contributed by atoms with E-state index >= 15 is 0 Å². The monoisotopic (exact) mass is 319 g/mol. The van der Waals surface area contributed by atoms with Crippen LogP contribution in [0.4, 0.5) is 0 Å². The Hall–Kier alpha value is -2.11. The number of aliphatic imine (C=N–C) groups is 1.